The van der Waals surface area contributed by atoms with Gasteiger partial charge in [-0.1, -0.05) is 12.1 Å². The first-order chi connectivity index (χ1) is 8.25. The van der Waals surface area contributed by atoms with E-state index < -0.39 is 0 Å². The molecule has 2 rings (SSSR count). The van der Waals surface area contributed by atoms with Crippen LogP contribution in [-0.4, -0.2) is 19.0 Å². The fraction of sp³-hybridized carbons (Fsp3) is 0.500. The quantitative estimate of drug-likeness (QED) is 0.811. The lowest BCUT2D eigenvalue weighted by Crippen LogP contribution is -2.23. The number of carbonyl (C=O) groups is 1. The summed E-state index contributed by atoms with van der Waals surface area (Å²) in [6.45, 7) is 1.46. The minimum atomic E-state index is 0.213. The largest absolute Gasteiger partial charge is 0.399 e. The van der Waals surface area contributed by atoms with Gasteiger partial charge in [0.25, 0.3) is 0 Å². The molecule has 0 aliphatic carbocycles. The zero-order valence-corrected chi connectivity index (χ0v) is 10.0. The summed E-state index contributed by atoms with van der Waals surface area (Å²) in [5.74, 6) is 0.584. The van der Waals surface area contributed by atoms with E-state index in [9.17, 15) is 4.79 Å². The zero-order chi connectivity index (χ0) is 12.1. The van der Waals surface area contributed by atoms with Gasteiger partial charge in [-0.25, -0.2) is 0 Å². The van der Waals surface area contributed by atoms with Crippen LogP contribution in [0.1, 0.15) is 24.8 Å². The maximum Gasteiger partial charge on any atom is 0.136 e. The van der Waals surface area contributed by atoms with E-state index in [1.54, 1.807) is 0 Å². The molecule has 0 spiro atoms. The molecule has 1 aliphatic heterocycles. The molecule has 0 saturated carbocycles. The lowest BCUT2D eigenvalue weighted by atomic mass is 9.91. The van der Waals surface area contributed by atoms with Gasteiger partial charge >= 0.3 is 0 Å². The Kier molecular flexibility index (Phi) is 4.15. The maximum atomic E-state index is 12.0. The Hall–Kier alpha value is -1.35. The minimum Gasteiger partial charge on any atom is -0.399 e. The molecule has 17 heavy (non-hydrogen) atoms. The monoisotopic (exact) mass is 233 g/mol. The van der Waals surface area contributed by atoms with Crippen molar-refractivity contribution in [3.8, 4) is 0 Å². The summed E-state index contributed by atoms with van der Waals surface area (Å²) >= 11 is 0. The Morgan fingerprint density at radius 3 is 2.82 bits per heavy atom. The van der Waals surface area contributed by atoms with Gasteiger partial charge in [0, 0.05) is 31.2 Å². The van der Waals surface area contributed by atoms with E-state index in [1.165, 1.54) is 0 Å². The highest BCUT2D eigenvalue weighted by atomic mass is 16.5. The second-order valence-electron chi connectivity index (χ2n) is 4.60. The number of hydrogen-bond acceptors (Lipinski definition) is 3. The van der Waals surface area contributed by atoms with Crippen LogP contribution in [0.3, 0.4) is 0 Å². The van der Waals surface area contributed by atoms with E-state index in [0.717, 1.165) is 43.7 Å². The molecule has 0 aromatic heterocycles. The first-order valence-electron chi connectivity index (χ1n) is 6.20. The first kappa shape index (κ1) is 12.1. The number of nitrogens with two attached hydrogens (primary N) is 1. The highest BCUT2D eigenvalue weighted by molar-refractivity contribution is 5.81. The summed E-state index contributed by atoms with van der Waals surface area (Å²) in [5, 5.41) is 0. The van der Waals surface area contributed by atoms with Gasteiger partial charge in [0.2, 0.25) is 0 Å². The van der Waals surface area contributed by atoms with Crippen molar-refractivity contribution in [1.82, 2.24) is 0 Å². The van der Waals surface area contributed by atoms with Gasteiger partial charge in [-0.15, -0.1) is 0 Å². The Balaban J connectivity index is 1.83. The second kappa shape index (κ2) is 5.82. The van der Waals surface area contributed by atoms with Crippen molar-refractivity contribution in [2.24, 2.45) is 5.92 Å². The van der Waals surface area contributed by atoms with Gasteiger partial charge in [0.1, 0.15) is 5.78 Å². The maximum absolute atomic E-state index is 12.0. The number of rotatable bonds is 4. The molecule has 2 N–H and O–H groups in total. The van der Waals surface area contributed by atoms with Crippen molar-refractivity contribution in [1.29, 1.82) is 0 Å². The number of nitrogen functional groups attached to an aromatic ring is 1. The highest BCUT2D eigenvalue weighted by Crippen LogP contribution is 2.18. The van der Waals surface area contributed by atoms with Gasteiger partial charge in [0.05, 0.1) is 0 Å². The van der Waals surface area contributed by atoms with Crippen LogP contribution >= 0.6 is 0 Å². The van der Waals surface area contributed by atoms with Gasteiger partial charge < -0.3 is 10.5 Å². The molecule has 1 fully saturated rings. The van der Waals surface area contributed by atoms with Gasteiger partial charge in [-0.3, -0.25) is 4.79 Å². The molecule has 1 aromatic rings. The minimum absolute atomic E-state index is 0.213. The number of ether oxygens (including phenoxy) is 1. The average molecular weight is 233 g/mol. The number of benzene rings is 1. The Morgan fingerprint density at radius 1 is 1.35 bits per heavy atom. The van der Waals surface area contributed by atoms with Crippen molar-refractivity contribution in [3.05, 3.63) is 29.8 Å². The third-order valence-electron chi connectivity index (χ3n) is 3.29. The molecule has 1 saturated heterocycles. The summed E-state index contributed by atoms with van der Waals surface area (Å²) in [6, 6.07) is 7.76. The van der Waals surface area contributed by atoms with Crippen LogP contribution in [0, 0.1) is 5.92 Å². The van der Waals surface area contributed by atoms with E-state index in [0.29, 0.717) is 12.2 Å². The molecule has 0 bridgehead atoms. The first-order valence-corrected chi connectivity index (χ1v) is 6.20. The molecule has 1 heterocycles. The fourth-order valence-corrected chi connectivity index (χ4v) is 2.24. The number of hydrogen-bond donors (Lipinski definition) is 1. The molecule has 0 atom stereocenters. The van der Waals surface area contributed by atoms with Gasteiger partial charge in [0.15, 0.2) is 0 Å². The van der Waals surface area contributed by atoms with Gasteiger partial charge in [-0.05, 0) is 37.0 Å². The number of Topliss-reactive ketones (excluding diaryl/α,β-unsaturated/α-hetero) is 1. The lowest BCUT2D eigenvalue weighted by molar-refractivity contribution is -0.125. The zero-order valence-electron chi connectivity index (χ0n) is 10.0. The number of ketones is 1. The third kappa shape index (κ3) is 3.56. The van der Waals surface area contributed by atoms with Crippen molar-refractivity contribution < 1.29 is 9.53 Å². The van der Waals surface area contributed by atoms with Crippen LogP contribution in [0.5, 0.6) is 0 Å². The third-order valence-corrected chi connectivity index (χ3v) is 3.29. The molecular weight excluding hydrogens is 214 g/mol. The Labute approximate surface area is 102 Å². The van der Waals surface area contributed by atoms with E-state index in [2.05, 4.69) is 0 Å². The molecule has 1 aromatic carbocycles. The summed E-state index contributed by atoms with van der Waals surface area (Å²) in [5.41, 5.74) is 7.62. The van der Waals surface area contributed by atoms with Crippen LogP contribution in [0.2, 0.25) is 0 Å². The summed E-state index contributed by atoms with van der Waals surface area (Å²) in [7, 11) is 0. The standard InChI is InChI=1S/C14H19NO2/c15-13-3-1-2-11(10-13)4-5-14(16)12-6-8-17-9-7-12/h1-3,10,12H,4-9,15H2. The molecule has 0 amide bonds. The highest BCUT2D eigenvalue weighted by Gasteiger charge is 2.20. The van der Waals surface area contributed by atoms with E-state index in [-0.39, 0.29) is 5.92 Å². The Morgan fingerprint density at radius 2 is 2.12 bits per heavy atom. The average Bonchev–Trinajstić information content (AvgIpc) is 2.37. The summed E-state index contributed by atoms with van der Waals surface area (Å²) in [4.78, 5) is 12.0. The van der Waals surface area contributed by atoms with Crippen LogP contribution < -0.4 is 5.73 Å². The number of anilines is 1. The van der Waals surface area contributed by atoms with Crippen LogP contribution in [0.4, 0.5) is 5.69 Å². The summed E-state index contributed by atoms with van der Waals surface area (Å²) < 4.78 is 5.26. The smallest absolute Gasteiger partial charge is 0.136 e. The van der Waals surface area contributed by atoms with Crippen molar-refractivity contribution >= 4 is 11.5 Å². The van der Waals surface area contributed by atoms with Crippen LogP contribution in [0.15, 0.2) is 24.3 Å². The molecule has 3 nitrogen and oxygen atoms in total. The Bertz CT molecular complexity index is 384. The molecule has 1 aliphatic rings. The lowest BCUT2D eigenvalue weighted by Gasteiger charge is -2.20. The fourth-order valence-electron chi connectivity index (χ4n) is 2.24. The van der Waals surface area contributed by atoms with Crippen molar-refractivity contribution in [2.45, 2.75) is 25.7 Å². The number of carbonyl (C=O) groups excluding carboxylic acids is 1. The van der Waals surface area contributed by atoms with Crippen LogP contribution in [-0.2, 0) is 16.0 Å². The molecule has 92 valence electrons. The number of aryl methyl sites for hydroxylation is 1. The molecule has 0 unspecified atom stereocenters. The predicted molar refractivity (Wildman–Crippen MR) is 67.7 cm³/mol. The summed E-state index contributed by atoms with van der Waals surface area (Å²) in [6.07, 6.45) is 3.18. The van der Waals surface area contributed by atoms with E-state index >= 15 is 0 Å². The van der Waals surface area contributed by atoms with E-state index in [4.69, 9.17) is 10.5 Å². The second-order valence-corrected chi connectivity index (χ2v) is 4.60. The van der Waals surface area contributed by atoms with Crippen LogP contribution in [0.25, 0.3) is 0 Å². The predicted octanol–water partition coefficient (Wildman–Crippen LogP) is 2.20. The van der Waals surface area contributed by atoms with Gasteiger partial charge in [-0.2, -0.15) is 0 Å². The van der Waals surface area contributed by atoms with Crippen molar-refractivity contribution in [2.75, 3.05) is 18.9 Å². The molecule has 3 heteroatoms. The van der Waals surface area contributed by atoms with Crippen molar-refractivity contribution in [3.63, 3.8) is 0 Å². The molecule has 0 radical (unpaired) electrons. The SMILES string of the molecule is Nc1cccc(CCC(=O)C2CCOCC2)c1. The normalized spacial score (nSPS) is 16.9. The topological polar surface area (TPSA) is 52.3 Å². The van der Waals surface area contributed by atoms with E-state index in [1.807, 2.05) is 24.3 Å². The molecular formula is C14H19NO2.